The van der Waals surface area contributed by atoms with Crippen LogP contribution in [0.25, 0.3) is 0 Å². The molecule has 1 spiro atoms. The molecule has 0 bridgehead atoms. The fourth-order valence-corrected chi connectivity index (χ4v) is 2.20. The van der Waals surface area contributed by atoms with Crippen LogP contribution in [0, 0.1) is 11.1 Å². The smallest absolute Gasteiger partial charge is 0.220 e. The van der Waals surface area contributed by atoms with Crippen molar-refractivity contribution in [3.63, 3.8) is 0 Å². The van der Waals surface area contributed by atoms with Crippen LogP contribution in [-0.4, -0.2) is 22.6 Å². The van der Waals surface area contributed by atoms with Gasteiger partial charge in [-0.15, -0.1) is 0 Å². The van der Waals surface area contributed by atoms with Crippen molar-refractivity contribution in [1.82, 2.24) is 5.06 Å². The second-order valence-electron chi connectivity index (χ2n) is 4.40. The molecule has 0 atom stereocenters. The summed E-state index contributed by atoms with van der Waals surface area (Å²) in [5.74, 6) is 0.687. The summed E-state index contributed by atoms with van der Waals surface area (Å²) in [6, 6.07) is 0. The molecule has 1 saturated carbocycles. The fraction of sp³-hybridized carbons (Fsp3) is 0.778. The van der Waals surface area contributed by atoms with Crippen molar-refractivity contribution in [2.24, 2.45) is 27.4 Å². The second kappa shape index (κ2) is 3.37. The van der Waals surface area contributed by atoms with Gasteiger partial charge in [0.05, 0.1) is 0 Å². The molecular formula is C9H16N5O-. The van der Waals surface area contributed by atoms with Crippen LogP contribution in [-0.2, 0) is 0 Å². The Morgan fingerprint density at radius 1 is 1.40 bits per heavy atom. The lowest BCUT2D eigenvalue weighted by Crippen LogP contribution is -2.55. The molecule has 0 amide bonds. The van der Waals surface area contributed by atoms with E-state index in [0.717, 1.165) is 17.9 Å². The summed E-state index contributed by atoms with van der Waals surface area (Å²) < 4.78 is 0. The zero-order valence-electron chi connectivity index (χ0n) is 8.81. The Kier molecular flexibility index (Phi) is 2.30. The highest BCUT2D eigenvalue weighted by molar-refractivity contribution is 5.96. The number of aliphatic imine (C=N–C) groups is 2. The van der Waals surface area contributed by atoms with E-state index in [-0.39, 0.29) is 11.9 Å². The van der Waals surface area contributed by atoms with Gasteiger partial charge in [0.2, 0.25) is 5.96 Å². The van der Waals surface area contributed by atoms with Crippen LogP contribution in [0.1, 0.15) is 32.6 Å². The fourth-order valence-electron chi connectivity index (χ4n) is 2.20. The van der Waals surface area contributed by atoms with Gasteiger partial charge in [0.15, 0.2) is 5.96 Å². The molecule has 15 heavy (non-hydrogen) atoms. The van der Waals surface area contributed by atoms with Crippen LogP contribution >= 0.6 is 0 Å². The highest BCUT2D eigenvalue weighted by atomic mass is 16.5. The van der Waals surface area contributed by atoms with Gasteiger partial charge in [0.1, 0.15) is 5.66 Å². The van der Waals surface area contributed by atoms with Gasteiger partial charge < -0.3 is 21.7 Å². The number of nitrogens with zero attached hydrogens (tertiary/aromatic N) is 3. The average Bonchev–Trinajstić information content (AvgIpc) is 2.19. The topological polar surface area (TPSA) is 103 Å². The predicted octanol–water partition coefficient (Wildman–Crippen LogP) is 0.336. The summed E-state index contributed by atoms with van der Waals surface area (Å²) in [6.07, 6.45) is 3.36. The Balaban J connectivity index is 2.25. The van der Waals surface area contributed by atoms with Crippen molar-refractivity contribution in [2.45, 2.75) is 38.3 Å². The minimum Gasteiger partial charge on any atom is -0.754 e. The summed E-state index contributed by atoms with van der Waals surface area (Å²) in [6.45, 7) is 2.18. The van der Waals surface area contributed by atoms with Crippen LogP contribution in [0.4, 0.5) is 0 Å². The summed E-state index contributed by atoms with van der Waals surface area (Å²) >= 11 is 0. The first-order valence-corrected chi connectivity index (χ1v) is 5.20. The standard InChI is InChI=1S/C9H16N5O/c1-6-2-4-9(5-3-6)13-7(10)12-8(11)14(9)15/h6H,2-5H2,1H3,(H4,10,11,12,13)/q-1. The number of guanidine groups is 2. The molecule has 0 radical (unpaired) electrons. The lowest BCUT2D eigenvalue weighted by Gasteiger charge is -2.50. The van der Waals surface area contributed by atoms with E-state index in [2.05, 4.69) is 16.9 Å². The maximum Gasteiger partial charge on any atom is 0.220 e. The van der Waals surface area contributed by atoms with Crippen molar-refractivity contribution in [1.29, 1.82) is 0 Å². The van der Waals surface area contributed by atoms with E-state index in [0.29, 0.717) is 18.8 Å². The Hall–Kier alpha value is -1.30. The molecular weight excluding hydrogens is 194 g/mol. The Morgan fingerprint density at radius 3 is 2.60 bits per heavy atom. The van der Waals surface area contributed by atoms with Gasteiger partial charge in [0, 0.05) is 0 Å². The molecule has 1 aliphatic heterocycles. The van der Waals surface area contributed by atoms with Crippen LogP contribution in [0.15, 0.2) is 9.98 Å². The molecule has 84 valence electrons. The normalized spacial score (nSPS) is 36.4. The third-order valence-corrected chi connectivity index (χ3v) is 3.21. The first-order chi connectivity index (χ1) is 7.03. The van der Waals surface area contributed by atoms with Gasteiger partial charge in [-0.2, -0.15) is 4.99 Å². The number of hydrogen-bond acceptors (Lipinski definition) is 6. The van der Waals surface area contributed by atoms with Gasteiger partial charge in [-0.3, -0.25) is 0 Å². The molecule has 0 aromatic rings. The van der Waals surface area contributed by atoms with Crippen LogP contribution < -0.4 is 11.5 Å². The molecule has 0 aromatic carbocycles. The van der Waals surface area contributed by atoms with E-state index < -0.39 is 5.66 Å². The number of hydroxylamine groups is 2. The molecule has 1 heterocycles. The molecule has 6 heteroatoms. The Morgan fingerprint density at radius 2 is 2.00 bits per heavy atom. The Labute approximate surface area is 88.6 Å². The van der Waals surface area contributed by atoms with Crippen molar-refractivity contribution in [3.8, 4) is 0 Å². The van der Waals surface area contributed by atoms with Crippen molar-refractivity contribution in [2.75, 3.05) is 0 Å². The van der Waals surface area contributed by atoms with E-state index in [9.17, 15) is 5.21 Å². The average molecular weight is 210 g/mol. The van der Waals surface area contributed by atoms with Crippen LogP contribution in [0.2, 0.25) is 0 Å². The summed E-state index contributed by atoms with van der Waals surface area (Å²) in [7, 11) is 0. The molecule has 2 aliphatic rings. The minimum atomic E-state index is -0.775. The van der Waals surface area contributed by atoms with E-state index >= 15 is 0 Å². The highest BCUT2D eigenvalue weighted by Gasteiger charge is 2.38. The molecule has 2 rings (SSSR count). The number of rotatable bonds is 0. The van der Waals surface area contributed by atoms with E-state index in [1.807, 2.05) is 0 Å². The van der Waals surface area contributed by atoms with Gasteiger partial charge >= 0.3 is 0 Å². The Bertz CT molecular complexity index is 316. The maximum atomic E-state index is 11.9. The molecule has 6 nitrogen and oxygen atoms in total. The number of hydrogen-bond donors (Lipinski definition) is 2. The van der Waals surface area contributed by atoms with E-state index in [1.54, 1.807) is 0 Å². The first kappa shape index (κ1) is 10.2. The van der Waals surface area contributed by atoms with E-state index in [4.69, 9.17) is 11.5 Å². The lowest BCUT2D eigenvalue weighted by atomic mass is 9.82. The zero-order valence-corrected chi connectivity index (χ0v) is 8.81. The predicted molar refractivity (Wildman–Crippen MR) is 58.8 cm³/mol. The maximum absolute atomic E-state index is 11.9. The zero-order chi connectivity index (χ0) is 11.1. The third kappa shape index (κ3) is 1.65. The second-order valence-corrected chi connectivity index (χ2v) is 4.40. The van der Waals surface area contributed by atoms with Gasteiger partial charge in [-0.05, 0) is 31.6 Å². The molecule has 1 fully saturated rings. The van der Waals surface area contributed by atoms with Crippen molar-refractivity contribution in [3.05, 3.63) is 5.21 Å². The van der Waals surface area contributed by atoms with Gasteiger partial charge in [-0.25, -0.2) is 4.99 Å². The monoisotopic (exact) mass is 210 g/mol. The SMILES string of the molecule is CC1CCC2(CC1)N=C(N)N=C(N)N2[O-]. The molecule has 4 N–H and O–H groups in total. The summed E-state index contributed by atoms with van der Waals surface area (Å²) in [4.78, 5) is 7.85. The van der Waals surface area contributed by atoms with Gasteiger partial charge in [0.25, 0.3) is 0 Å². The number of nitrogens with two attached hydrogens (primary N) is 2. The molecule has 0 aromatic heterocycles. The highest BCUT2D eigenvalue weighted by Crippen LogP contribution is 2.38. The van der Waals surface area contributed by atoms with Crippen LogP contribution in [0.5, 0.6) is 0 Å². The van der Waals surface area contributed by atoms with E-state index in [1.165, 1.54) is 0 Å². The minimum absolute atomic E-state index is 0.0722. The molecule has 0 unspecified atom stereocenters. The third-order valence-electron chi connectivity index (χ3n) is 3.21. The summed E-state index contributed by atoms with van der Waals surface area (Å²) in [5.41, 5.74) is 10.3. The largest absolute Gasteiger partial charge is 0.754 e. The quantitative estimate of drug-likeness (QED) is 0.601. The van der Waals surface area contributed by atoms with Crippen molar-refractivity contribution >= 4 is 11.9 Å². The molecule has 0 saturated heterocycles. The summed E-state index contributed by atoms with van der Waals surface area (Å²) in [5, 5.41) is 12.6. The molecule has 1 aliphatic carbocycles. The first-order valence-electron chi connectivity index (χ1n) is 5.20. The van der Waals surface area contributed by atoms with Crippen molar-refractivity contribution < 1.29 is 0 Å². The van der Waals surface area contributed by atoms with Crippen LogP contribution in [0.3, 0.4) is 0 Å². The van der Waals surface area contributed by atoms with Gasteiger partial charge in [-0.1, -0.05) is 6.92 Å². The lowest BCUT2D eigenvalue weighted by molar-refractivity contribution is 0.138.